The number of unbranched alkanes of at least 4 members (excludes halogenated alkanes) is 2. The number of carbonyl (C=O) groups is 2. The Morgan fingerprint density at radius 1 is 0.909 bits per heavy atom. The summed E-state index contributed by atoms with van der Waals surface area (Å²) in [6, 6.07) is 17.6. The second kappa shape index (κ2) is 11.7. The highest BCUT2D eigenvalue weighted by Crippen LogP contribution is 2.33. The van der Waals surface area contributed by atoms with Crippen molar-refractivity contribution in [2.45, 2.75) is 53.5 Å². The number of hydrogen-bond acceptors (Lipinski definition) is 4. The van der Waals surface area contributed by atoms with E-state index >= 15 is 0 Å². The van der Waals surface area contributed by atoms with E-state index in [4.69, 9.17) is 4.74 Å². The van der Waals surface area contributed by atoms with Crippen LogP contribution in [-0.2, 0) is 16.1 Å². The van der Waals surface area contributed by atoms with Crippen molar-refractivity contribution in [3.8, 4) is 5.75 Å². The molecule has 0 atom stereocenters. The Kier molecular flexibility index (Phi) is 8.70. The molecule has 0 saturated heterocycles. The average Bonchev–Trinajstić information content (AvgIpc) is 3.07. The van der Waals surface area contributed by atoms with Gasteiger partial charge in [0.05, 0.1) is 12.2 Å². The highest BCUT2D eigenvalue weighted by atomic mass is 16.5. The molecule has 2 aromatic rings. The molecule has 0 fully saturated rings. The molecule has 0 bridgehead atoms. The van der Waals surface area contributed by atoms with Gasteiger partial charge in [-0.15, -0.1) is 0 Å². The lowest BCUT2D eigenvalue weighted by atomic mass is 10.0. The third kappa shape index (κ3) is 6.04. The molecule has 0 unspecified atom stereocenters. The molecule has 176 valence electrons. The van der Waals surface area contributed by atoms with Gasteiger partial charge in [0.1, 0.15) is 11.4 Å². The number of ether oxygens (including phenoxy) is 1. The smallest absolute Gasteiger partial charge is 0.277 e. The number of rotatable bonds is 12. The van der Waals surface area contributed by atoms with Gasteiger partial charge >= 0.3 is 0 Å². The molecule has 5 heteroatoms. The van der Waals surface area contributed by atoms with Gasteiger partial charge in [0, 0.05) is 19.6 Å². The van der Waals surface area contributed by atoms with Gasteiger partial charge < -0.3 is 9.64 Å². The van der Waals surface area contributed by atoms with Gasteiger partial charge in [-0.25, -0.2) is 0 Å². The SMILES string of the molecule is CCCCCN1C(=O)C(c2ccc(OCC(C)C)cc2)=C(N(CC)Cc2ccccc2)C1=O. The lowest BCUT2D eigenvalue weighted by molar-refractivity contribution is -0.137. The summed E-state index contributed by atoms with van der Waals surface area (Å²) in [7, 11) is 0. The first-order chi connectivity index (χ1) is 16.0. The number of benzene rings is 2. The molecule has 1 aliphatic heterocycles. The zero-order valence-corrected chi connectivity index (χ0v) is 20.3. The van der Waals surface area contributed by atoms with Crippen LogP contribution in [0.1, 0.15) is 58.1 Å². The largest absolute Gasteiger partial charge is 0.493 e. The lowest BCUT2D eigenvalue weighted by Crippen LogP contribution is -2.35. The summed E-state index contributed by atoms with van der Waals surface area (Å²) in [5.74, 6) is 0.807. The summed E-state index contributed by atoms with van der Waals surface area (Å²) in [5.41, 5.74) is 2.85. The molecule has 0 aliphatic carbocycles. The highest BCUT2D eigenvalue weighted by molar-refractivity contribution is 6.35. The summed E-state index contributed by atoms with van der Waals surface area (Å²) >= 11 is 0. The second-order valence-electron chi connectivity index (χ2n) is 8.92. The Morgan fingerprint density at radius 2 is 1.61 bits per heavy atom. The summed E-state index contributed by atoms with van der Waals surface area (Å²) in [4.78, 5) is 30.4. The summed E-state index contributed by atoms with van der Waals surface area (Å²) in [6.45, 7) is 10.6. The summed E-state index contributed by atoms with van der Waals surface area (Å²) in [6.07, 6.45) is 2.85. The second-order valence-corrected chi connectivity index (χ2v) is 8.92. The standard InChI is InChI=1S/C28H36N2O3/c1-5-7-11-18-30-27(31)25(23-14-16-24(17-15-23)33-20-21(3)4)26(28(30)32)29(6-2)19-22-12-9-8-10-13-22/h8-10,12-17,21H,5-7,11,18-20H2,1-4H3. The van der Waals surface area contributed by atoms with Crippen molar-refractivity contribution < 1.29 is 14.3 Å². The minimum absolute atomic E-state index is 0.191. The van der Waals surface area contributed by atoms with Gasteiger partial charge in [-0.2, -0.15) is 0 Å². The maximum absolute atomic E-state index is 13.5. The first-order valence-corrected chi connectivity index (χ1v) is 12.1. The van der Waals surface area contributed by atoms with Crippen molar-refractivity contribution >= 4 is 17.4 Å². The predicted octanol–water partition coefficient (Wildman–Crippen LogP) is 5.51. The van der Waals surface area contributed by atoms with Crippen molar-refractivity contribution in [3.05, 3.63) is 71.4 Å². The van der Waals surface area contributed by atoms with E-state index in [1.807, 2.05) is 66.4 Å². The van der Waals surface area contributed by atoms with Crippen LogP contribution in [0.15, 0.2) is 60.3 Å². The molecule has 5 nitrogen and oxygen atoms in total. The number of carbonyl (C=O) groups excluding carboxylic acids is 2. The Labute approximate surface area is 198 Å². The Bertz CT molecular complexity index is 964. The maximum Gasteiger partial charge on any atom is 0.277 e. The Balaban J connectivity index is 1.96. The molecule has 0 spiro atoms. The predicted molar refractivity (Wildman–Crippen MR) is 132 cm³/mol. The van der Waals surface area contributed by atoms with Crippen LogP contribution in [0.5, 0.6) is 5.75 Å². The first kappa shape index (κ1) is 24.6. The van der Waals surface area contributed by atoms with Gasteiger partial charge in [-0.1, -0.05) is 76.1 Å². The summed E-state index contributed by atoms with van der Waals surface area (Å²) in [5, 5.41) is 0. The van der Waals surface area contributed by atoms with E-state index in [2.05, 4.69) is 20.8 Å². The van der Waals surface area contributed by atoms with Gasteiger partial charge in [0.25, 0.3) is 11.8 Å². The van der Waals surface area contributed by atoms with E-state index in [0.717, 1.165) is 36.1 Å². The fourth-order valence-corrected chi connectivity index (χ4v) is 3.97. The highest BCUT2D eigenvalue weighted by Gasteiger charge is 2.40. The number of likely N-dealkylation sites (N-methyl/N-ethyl adjacent to an activating group) is 1. The van der Waals surface area contributed by atoms with E-state index in [0.29, 0.717) is 43.4 Å². The Morgan fingerprint density at radius 3 is 2.21 bits per heavy atom. The van der Waals surface area contributed by atoms with Crippen molar-refractivity contribution in [2.75, 3.05) is 19.7 Å². The van der Waals surface area contributed by atoms with E-state index < -0.39 is 0 Å². The maximum atomic E-state index is 13.5. The van der Waals surface area contributed by atoms with Gasteiger partial charge in [-0.3, -0.25) is 14.5 Å². The molecule has 3 rings (SSSR count). The quantitative estimate of drug-likeness (QED) is 0.317. The molecular formula is C28H36N2O3. The average molecular weight is 449 g/mol. The van der Waals surface area contributed by atoms with E-state index in [1.165, 1.54) is 4.90 Å². The van der Waals surface area contributed by atoms with Crippen LogP contribution in [-0.4, -0.2) is 41.3 Å². The normalized spacial score (nSPS) is 13.9. The van der Waals surface area contributed by atoms with Gasteiger partial charge in [0.15, 0.2) is 0 Å². The van der Waals surface area contributed by atoms with Crippen LogP contribution < -0.4 is 4.74 Å². The fraction of sp³-hybridized carbons (Fsp3) is 0.429. The van der Waals surface area contributed by atoms with Crippen LogP contribution >= 0.6 is 0 Å². The molecule has 0 radical (unpaired) electrons. The van der Waals surface area contributed by atoms with Crippen LogP contribution in [0.3, 0.4) is 0 Å². The molecule has 0 saturated carbocycles. The third-order valence-corrected chi connectivity index (χ3v) is 5.77. The zero-order chi connectivity index (χ0) is 23.8. The van der Waals surface area contributed by atoms with E-state index in [9.17, 15) is 9.59 Å². The van der Waals surface area contributed by atoms with Crippen molar-refractivity contribution in [3.63, 3.8) is 0 Å². The van der Waals surface area contributed by atoms with Crippen molar-refractivity contribution in [1.82, 2.24) is 9.80 Å². The molecule has 33 heavy (non-hydrogen) atoms. The molecular weight excluding hydrogens is 412 g/mol. The van der Waals surface area contributed by atoms with Crippen LogP contribution in [0.4, 0.5) is 0 Å². The molecule has 1 aliphatic rings. The van der Waals surface area contributed by atoms with E-state index in [-0.39, 0.29) is 11.8 Å². The monoisotopic (exact) mass is 448 g/mol. The zero-order valence-electron chi connectivity index (χ0n) is 20.3. The minimum Gasteiger partial charge on any atom is -0.493 e. The van der Waals surface area contributed by atoms with Gasteiger partial charge in [0.2, 0.25) is 0 Å². The topological polar surface area (TPSA) is 49.9 Å². The van der Waals surface area contributed by atoms with Crippen LogP contribution in [0.2, 0.25) is 0 Å². The van der Waals surface area contributed by atoms with Crippen LogP contribution in [0, 0.1) is 5.92 Å². The first-order valence-electron chi connectivity index (χ1n) is 12.1. The van der Waals surface area contributed by atoms with Crippen molar-refractivity contribution in [1.29, 1.82) is 0 Å². The van der Waals surface area contributed by atoms with Crippen molar-refractivity contribution in [2.24, 2.45) is 5.92 Å². The third-order valence-electron chi connectivity index (χ3n) is 5.77. The molecule has 1 heterocycles. The number of hydrogen-bond donors (Lipinski definition) is 0. The molecule has 2 amide bonds. The van der Waals surface area contributed by atoms with Gasteiger partial charge in [-0.05, 0) is 42.5 Å². The summed E-state index contributed by atoms with van der Waals surface area (Å²) < 4.78 is 5.81. The van der Waals surface area contributed by atoms with E-state index in [1.54, 1.807) is 0 Å². The minimum atomic E-state index is -0.200. The molecule has 0 N–H and O–H groups in total. The Hall–Kier alpha value is -3.08. The number of amides is 2. The number of imide groups is 1. The fourth-order valence-electron chi connectivity index (χ4n) is 3.97. The molecule has 0 aromatic heterocycles. The number of nitrogens with zero attached hydrogens (tertiary/aromatic N) is 2. The van der Waals surface area contributed by atoms with Crippen LogP contribution in [0.25, 0.3) is 5.57 Å². The molecule has 2 aromatic carbocycles. The lowest BCUT2D eigenvalue weighted by Gasteiger charge is -2.25.